The first-order valence-corrected chi connectivity index (χ1v) is 6.49. The SMILES string of the molecule is COc1cc(Br)cc(NC(C)c2ccncc2)c1. The monoisotopic (exact) mass is 306 g/mol. The van der Waals surface area contributed by atoms with Gasteiger partial charge in [0.05, 0.1) is 7.11 Å². The fourth-order valence-corrected chi connectivity index (χ4v) is 2.22. The van der Waals surface area contributed by atoms with Crippen LogP contribution in [0.4, 0.5) is 5.69 Å². The number of pyridine rings is 1. The minimum Gasteiger partial charge on any atom is -0.497 e. The van der Waals surface area contributed by atoms with Gasteiger partial charge < -0.3 is 10.1 Å². The number of rotatable bonds is 4. The van der Waals surface area contributed by atoms with Crippen LogP contribution in [0.3, 0.4) is 0 Å². The zero-order valence-corrected chi connectivity index (χ0v) is 11.9. The molecule has 1 heterocycles. The van der Waals surface area contributed by atoms with E-state index in [9.17, 15) is 0 Å². The van der Waals surface area contributed by atoms with E-state index in [1.165, 1.54) is 5.56 Å². The number of anilines is 1. The molecule has 0 aliphatic carbocycles. The maximum atomic E-state index is 5.24. The van der Waals surface area contributed by atoms with Crippen LogP contribution in [0.1, 0.15) is 18.5 Å². The van der Waals surface area contributed by atoms with Crippen LogP contribution in [-0.4, -0.2) is 12.1 Å². The van der Waals surface area contributed by atoms with Crippen LogP contribution >= 0.6 is 15.9 Å². The van der Waals surface area contributed by atoms with Gasteiger partial charge in [0.15, 0.2) is 0 Å². The first-order chi connectivity index (χ1) is 8.69. The minimum absolute atomic E-state index is 0.215. The molecule has 0 amide bonds. The lowest BCUT2D eigenvalue weighted by molar-refractivity contribution is 0.414. The van der Waals surface area contributed by atoms with Crippen molar-refractivity contribution >= 4 is 21.6 Å². The molecule has 3 nitrogen and oxygen atoms in total. The lowest BCUT2D eigenvalue weighted by atomic mass is 10.1. The number of aromatic nitrogens is 1. The molecule has 0 saturated heterocycles. The average Bonchev–Trinajstić information content (AvgIpc) is 2.39. The summed E-state index contributed by atoms with van der Waals surface area (Å²) in [6.07, 6.45) is 3.60. The van der Waals surface area contributed by atoms with Gasteiger partial charge in [-0.1, -0.05) is 15.9 Å². The Labute approximate surface area is 115 Å². The molecule has 0 bridgehead atoms. The highest BCUT2D eigenvalue weighted by molar-refractivity contribution is 9.10. The molecule has 2 rings (SSSR count). The topological polar surface area (TPSA) is 34.1 Å². The van der Waals surface area contributed by atoms with Crippen molar-refractivity contribution in [1.82, 2.24) is 4.98 Å². The lowest BCUT2D eigenvalue weighted by Gasteiger charge is -2.16. The Morgan fingerprint density at radius 1 is 1.22 bits per heavy atom. The Bertz CT molecular complexity index is 516. The maximum absolute atomic E-state index is 5.24. The van der Waals surface area contributed by atoms with Crippen LogP contribution in [-0.2, 0) is 0 Å². The average molecular weight is 307 g/mol. The summed E-state index contributed by atoms with van der Waals surface area (Å²) >= 11 is 3.47. The van der Waals surface area contributed by atoms with Crippen LogP contribution in [0.15, 0.2) is 47.2 Å². The normalized spacial score (nSPS) is 11.9. The molecule has 1 atom stereocenters. The molecular formula is C14H15BrN2O. The molecule has 94 valence electrons. The van der Waals surface area contributed by atoms with Crippen molar-refractivity contribution in [2.45, 2.75) is 13.0 Å². The van der Waals surface area contributed by atoms with Crippen molar-refractivity contribution in [2.75, 3.05) is 12.4 Å². The first kappa shape index (κ1) is 12.9. The standard InChI is InChI=1S/C14H15BrN2O/c1-10(11-3-5-16-6-4-11)17-13-7-12(15)8-14(9-13)18-2/h3-10,17H,1-2H3. The van der Waals surface area contributed by atoms with E-state index < -0.39 is 0 Å². The van der Waals surface area contributed by atoms with Gasteiger partial charge in [0.2, 0.25) is 0 Å². The molecule has 1 N–H and O–H groups in total. The summed E-state index contributed by atoms with van der Waals surface area (Å²) in [5, 5.41) is 3.44. The Morgan fingerprint density at radius 3 is 2.61 bits per heavy atom. The second-order valence-corrected chi connectivity index (χ2v) is 4.94. The molecule has 4 heteroatoms. The van der Waals surface area contributed by atoms with Crippen molar-refractivity contribution in [3.63, 3.8) is 0 Å². The summed E-state index contributed by atoms with van der Waals surface area (Å²) in [7, 11) is 1.66. The molecule has 0 fully saturated rings. The summed E-state index contributed by atoms with van der Waals surface area (Å²) in [6, 6.07) is 10.2. The number of nitrogens with one attached hydrogen (secondary N) is 1. The summed E-state index contributed by atoms with van der Waals surface area (Å²) < 4.78 is 6.23. The Kier molecular flexibility index (Phi) is 4.20. The van der Waals surface area contributed by atoms with E-state index in [2.05, 4.69) is 33.2 Å². The minimum atomic E-state index is 0.215. The summed E-state index contributed by atoms with van der Waals surface area (Å²) in [6.45, 7) is 2.11. The summed E-state index contributed by atoms with van der Waals surface area (Å²) in [5.41, 5.74) is 2.22. The zero-order valence-electron chi connectivity index (χ0n) is 10.4. The smallest absolute Gasteiger partial charge is 0.122 e. The third-order valence-electron chi connectivity index (χ3n) is 2.70. The molecule has 2 aromatic rings. The molecule has 18 heavy (non-hydrogen) atoms. The number of methoxy groups -OCH3 is 1. The third-order valence-corrected chi connectivity index (χ3v) is 3.15. The van der Waals surface area contributed by atoms with E-state index in [4.69, 9.17) is 4.74 Å². The van der Waals surface area contributed by atoms with E-state index in [1.54, 1.807) is 19.5 Å². The van der Waals surface area contributed by atoms with Crippen molar-refractivity contribution in [1.29, 1.82) is 0 Å². The largest absolute Gasteiger partial charge is 0.497 e. The predicted octanol–water partition coefficient (Wildman–Crippen LogP) is 4.03. The van der Waals surface area contributed by atoms with E-state index in [1.807, 2.05) is 30.3 Å². The second kappa shape index (κ2) is 5.87. The molecular weight excluding hydrogens is 292 g/mol. The fraction of sp³-hybridized carbons (Fsp3) is 0.214. The summed E-state index contributed by atoms with van der Waals surface area (Å²) in [4.78, 5) is 4.02. The Balaban J connectivity index is 2.16. The van der Waals surface area contributed by atoms with Crippen molar-refractivity contribution in [2.24, 2.45) is 0 Å². The zero-order chi connectivity index (χ0) is 13.0. The van der Waals surface area contributed by atoms with Gasteiger partial charge in [0.25, 0.3) is 0 Å². The molecule has 1 aromatic carbocycles. The van der Waals surface area contributed by atoms with Crippen LogP contribution < -0.4 is 10.1 Å². The highest BCUT2D eigenvalue weighted by atomic mass is 79.9. The van der Waals surface area contributed by atoms with Crippen molar-refractivity contribution in [3.05, 3.63) is 52.8 Å². The van der Waals surface area contributed by atoms with Crippen LogP contribution in [0, 0.1) is 0 Å². The van der Waals surface area contributed by atoms with Gasteiger partial charge >= 0.3 is 0 Å². The molecule has 0 aliphatic heterocycles. The number of hydrogen-bond donors (Lipinski definition) is 1. The number of halogens is 1. The number of hydrogen-bond acceptors (Lipinski definition) is 3. The molecule has 1 aromatic heterocycles. The van der Waals surface area contributed by atoms with Gasteiger partial charge in [-0.05, 0) is 36.8 Å². The third kappa shape index (κ3) is 3.23. The number of benzene rings is 1. The highest BCUT2D eigenvalue weighted by Crippen LogP contribution is 2.27. The Hall–Kier alpha value is -1.55. The quantitative estimate of drug-likeness (QED) is 0.926. The van der Waals surface area contributed by atoms with E-state index in [0.29, 0.717) is 0 Å². The van der Waals surface area contributed by atoms with E-state index in [0.717, 1.165) is 15.9 Å². The Morgan fingerprint density at radius 2 is 1.94 bits per heavy atom. The predicted molar refractivity (Wildman–Crippen MR) is 77.0 cm³/mol. The second-order valence-electron chi connectivity index (χ2n) is 4.03. The first-order valence-electron chi connectivity index (χ1n) is 5.70. The molecule has 0 radical (unpaired) electrons. The number of ether oxygens (including phenoxy) is 1. The van der Waals surface area contributed by atoms with Crippen molar-refractivity contribution in [3.8, 4) is 5.75 Å². The molecule has 0 saturated carbocycles. The van der Waals surface area contributed by atoms with E-state index in [-0.39, 0.29) is 6.04 Å². The van der Waals surface area contributed by atoms with E-state index >= 15 is 0 Å². The van der Waals surface area contributed by atoms with Gasteiger partial charge in [-0.15, -0.1) is 0 Å². The van der Waals surface area contributed by atoms with Gasteiger partial charge in [-0.3, -0.25) is 4.98 Å². The van der Waals surface area contributed by atoms with Gasteiger partial charge in [-0.25, -0.2) is 0 Å². The van der Waals surface area contributed by atoms with Gasteiger partial charge in [0, 0.05) is 34.7 Å². The lowest BCUT2D eigenvalue weighted by Crippen LogP contribution is -2.06. The summed E-state index contributed by atoms with van der Waals surface area (Å²) in [5.74, 6) is 0.828. The van der Waals surface area contributed by atoms with Crippen molar-refractivity contribution < 1.29 is 4.74 Å². The fourth-order valence-electron chi connectivity index (χ4n) is 1.75. The van der Waals surface area contributed by atoms with Crippen LogP contribution in [0.25, 0.3) is 0 Å². The highest BCUT2D eigenvalue weighted by Gasteiger charge is 2.06. The van der Waals surface area contributed by atoms with Gasteiger partial charge in [0.1, 0.15) is 5.75 Å². The maximum Gasteiger partial charge on any atom is 0.122 e. The molecule has 0 aliphatic rings. The molecule has 1 unspecified atom stereocenters. The molecule has 0 spiro atoms. The van der Waals surface area contributed by atoms with Gasteiger partial charge in [-0.2, -0.15) is 0 Å². The van der Waals surface area contributed by atoms with Crippen LogP contribution in [0.5, 0.6) is 5.75 Å². The van der Waals surface area contributed by atoms with Crippen LogP contribution in [0.2, 0.25) is 0 Å². The number of nitrogens with zero attached hydrogens (tertiary/aromatic N) is 1.